The van der Waals surface area contributed by atoms with E-state index in [1.165, 1.54) is 0 Å². The highest BCUT2D eigenvalue weighted by atomic mass is 35.7. The molecule has 1 aliphatic rings. The maximum Gasteiger partial charge on any atom is 0.235 e. The van der Waals surface area contributed by atoms with Crippen molar-refractivity contribution in [1.82, 2.24) is 0 Å². The van der Waals surface area contributed by atoms with Crippen LogP contribution in [0.25, 0.3) is 0 Å². The third kappa shape index (κ3) is 3.13. The molecule has 1 fully saturated rings. The molecular weight excluding hydrogens is 208 g/mol. The summed E-state index contributed by atoms with van der Waals surface area (Å²) in [6, 6.07) is 0. The average Bonchev–Trinajstić information content (AvgIpc) is 2.03. The zero-order valence-corrected chi connectivity index (χ0v) is 9.74. The second-order valence-corrected chi connectivity index (χ2v) is 7.18. The van der Waals surface area contributed by atoms with Crippen LogP contribution in [-0.2, 0) is 9.05 Å². The van der Waals surface area contributed by atoms with Crippen molar-refractivity contribution in [2.24, 2.45) is 11.8 Å². The molecule has 0 saturated heterocycles. The molecular formula is C9H17ClO2S. The third-order valence-electron chi connectivity index (χ3n) is 3.01. The van der Waals surface area contributed by atoms with Crippen LogP contribution in [0.5, 0.6) is 0 Å². The summed E-state index contributed by atoms with van der Waals surface area (Å²) in [6.45, 7) is 4.29. The molecule has 4 heteroatoms. The van der Waals surface area contributed by atoms with E-state index >= 15 is 0 Å². The second-order valence-electron chi connectivity index (χ2n) is 4.27. The van der Waals surface area contributed by atoms with Gasteiger partial charge in [-0.05, 0) is 24.7 Å². The van der Waals surface area contributed by atoms with Crippen LogP contribution in [0.4, 0.5) is 0 Å². The second kappa shape index (κ2) is 4.18. The van der Waals surface area contributed by atoms with Gasteiger partial charge < -0.3 is 0 Å². The Kier molecular flexibility index (Phi) is 3.64. The normalized spacial score (nSPS) is 30.8. The monoisotopic (exact) mass is 224 g/mol. The Morgan fingerprint density at radius 3 is 2.38 bits per heavy atom. The predicted molar refractivity (Wildman–Crippen MR) is 55.4 cm³/mol. The number of hydrogen-bond acceptors (Lipinski definition) is 2. The third-order valence-corrected chi connectivity index (χ3v) is 4.99. The first kappa shape index (κ1) is 11.3. The molecule has 1 saturated carbocycles. The molecule has 2 unspecified atom stereocenters. The van der Waals surface area contributed by atoms with Crippen LogP contribution in [0, 0.1) is 11.8 Å². The van der Waals surface area contributed by atoms with Gasteiger partial charge in [0, 0.05) is 10.7 Å². The molecule has 0 aromatic carbocycles. The van der Waals surface area contributed by atoms with Crippen LogP contribution in [0.1, 0.15) is 39.5 Å². The lowest BCUT2D eigenvalue weighted by Gasteiger charge is -2.29. The van der Waals surface area contributed by atoms with Crippen molar-refractivity contribution in [2.45, 2.75) is 44.8 Å². The van der Waals surface area contributed by atoms with Crippen LogP contribution in [-0.4, -0.2) is 13.7 Å². The van der Waals surface area contributed by atoms with Crippen LogP contribution >= 0.6 is 10.7 Å². The van der Waals surface area contributed by atoms with Gasteiger partial charge in [-0.25, -0.2) is 8.42 Å². The smallest absolute Gasteiger partial charge is 0.212 e. The Balaban J connectivity index is 2.62. The van der Waals surface area contributed by atoms with Crippen molar-refractivity contribution in [3.63, 3.8) is 0 Å². The van der Waals surface area contributed by atoms with Crippen LogP contribution in [0.3, 0.4) is 0 Å². The number of rotatable bonds is 2. The Labute approximate surface area is 85.1 Å². The van der Waals surface area contributed by atoms with Crippen LogP contribution in [0.15, 0.2) is 0 Å². The molecule has 0 aromatic heterocycles. The average molecular weight is 225 g/mol. The SMILES string of the molecule is CC(C)C1CCCC(S(=O)(=O)Cl)C1. The molecule has 0 N–H and O–H groups in total. The van der Waals surface area contributed by atoms with Gasteiger partial charge in [0.15, 0.2) is 0 Å². The van der Waals surface area contributed by atoms with E-state index in [1.807, 2.05) is 0 Å². The predicted octanol–water partition coefficient (Wildman–Crippen LogP) is 2.77. The van der Waals surface area contributed by atoms with E-state index in [1.54, 1.807) is 0 Å². The molecule has 0 spiro atoms. The fourth-order valence-electron chi connectivity index (χ4n) is 2.04. The minimum Gasteiger partial charge on any atom is -0.212 e. The van der Waals surface area contributed by atoms with E-state index in [0.29, 0.717) is 11.8 Å². The fraction of sp³-hybridized carbons (Fsp3) is 1.00. The quantitative estimate of drug-likeness (QED) is 0.676. The van der Waals surface area contributed by atoms with Crippen molar-refractivity contribution in [1.29, 1.82) is 0 Å². The van der Waals surface area contributed by atoms with Crippen LogP contribution in [0.2, 0.25) is 0 Å². The van der Waals surface area contributed by atoms with Crippen LogP contribution < -0.4 is 0 Å². The molecule has 13 heavy (non-hydrogen) atoms. The number of halogens is 1. The van der Waals surface area contributed by atoms with Gasteiger partial charge in [-0.1, -0.05) is 26.7 Å². The van der Waals surface area contributed by atoms with Gasteiger partial charge in [-0.15, -0.1) is 0 Å². The molecule has 78 valence electrons. The summed E-state index contributed by atoms with van der Waals surface area (Å²) in [5.41, 5.74) is 0. The Hall–Kier alpha value is 0.240. The van der Waals surface area contributed by atoms with Gasteiger partial charge in [0.2, 0.25) is 9.05 Å². The number of hydrogen-bond donors (Lipinski definition) is 0. The Bertz CT molecular complexity index is 259. The first-order valence-electron chi connectivity index (χ1n) is 4.84. The van der Waals surface area contributed by atoms with Gasteiger partial charge in [0.25, 0.3) is 0 Å². The summed E-state index contributed by atoms with van der Waals surface area (Å²) < 4.78 is 22.2. The lowest BCUT2D eigenvalue weighted by Crippen LogP contribution is -2.27. The molecule has 1 aliphatic carbocycles. The highest BCUT2D eigenvalue weighted by Gasteiger charge is 2.31. The summed E-state index contributed by atoms with van der Waals surface area (Å²) in [7, 11) is 2.03. The van der Waals surface area contributed by atoms with Gasteiger partial charge in [-0.2, -0.15) is 0 Å². The van der Waals surface area contributed by atoms with E-state index in [4.69, 9.17) is 10.7 Å². The lowest BCUT2D eigenvalue weighted by atomic mass is 9.81. The highest BCUT2D eigenvalue weighted by Crippen LogP contribution is 2.34. The van der Waals surface area contributed by atoms with E-state index in [9.17, 15) is 8.42 Å². The fourth-order valence-corrected chi connectivity index (χ4v) is 3.45. The largest absolute Gasteiger partial charge is 0.235 e. The van der Waals surface area contributed by atoms with Gasteiger partial charge in [-0.3, -0.25) is 0 Å². The van der Waals surface area contributed by atoms with Crippen molar-refractivity contribution in [2.75, 3.05) is 0 Å². The summed E-state index contributed by atoms with van der Waals surface area (Å²) in [5, 5.41) is -0.296. The molecule has 0 amide bonds. The van der Waals surface area contributed by atoms with Crippen molar-refractivity contribution in [3.05, 3.63) is 0 Å². The van der Waals surface area contributed by atoms with E-state index < -0.39 is 9.05 Å². The molecule has 2 atom stereocenters. The molecule has 1 rings (SSSR count). The van der Waals surface area contributed by atoms with Gasteiger partial charge in [0.1, 0.15) is 0 Å². The molecule has 0 aromatic rings. The van der Waals surface area contributed by atoms with E-state index in [-0.39, 0.29) is 5.25 Å². The summed E-state index contributed by atoms with van der Waals surface area (Å²) in [4.78, 5) is 0. The molecule has 2 nitrogen and oxygen atoms in total. The van der Waals surface area contributed by atoms with Crippen molar-refractivity contribution in [3.8, 4) is 0 Å². The Morgan fingerprint density at radius 1 is 1.31 bits per heavy atom. The Morgan fingerprint density at radius 2 is 1.92 bits per heavy atom. The summed E-state index contributed by atoms with van der Waals surface area (Å²) >= 11 is 0. The zero-order valence-electron chi connectivity index (χ0n) is 8.16. The molecule has 0 aliphatic heterocycles. The minimum absolute atomic E-state index is 0.296. The molecule has 0 bridgehead atoms. The maximum atomic E-state index is 11.1. The highest BCUT2D eigenvalue weighted by molar-refractivity contribution is 8.14. The summed E-state index contributed by atoms with van der Waals surface area (Å²) in [6.07, 6.45) is 3.65. The van der Waals surface area contributed by atoms with E-state index in [2.05, 4.69) is 13.8 Å². The minimum atomic E-state index is -3.32. The summed E-state index contributed by atoms with van der Waals surface area (Å²) in [5.74, 6) is 1.11. The standard InChI is InChI=1S/C9H17ClO2S/c1-7(2)8-4-3-5-9(6-8)13(10,11)12/h7-9H,3-6H2,1-2H3. The first-order chi connectivity index (χ1) is 5.91. The van der Waals surface area contributed by atoms with Gasteiger partial charge >= 0.3 is 0 Å². The first-order valence-corrected chi connectivity index (χ1v) is 7.22. The topological polar surface area (TPSA) is 34.1 Å². The molecule has 0 heterocycles. The van der Waals surface area contributed by atoms with Crippen molar-refractivity contribution < 1.29 is 8.42 Å². The lowest BCUT2D eigenvalue weighted by molar-refractivity contribution is 0.281. The molecule has 0 radical (unpaired) electrons. The van der Waals surface area contributed by atoms with Gasteiger partial charge in [0.05, 0.1) is 5.25 Å². The van der Waals surface area contributed by atoms with Crippen molar-refractivity contribution >= 4 is 19.7 Å². The maximum absolute atomic E-state index is 11.1. The van der Waals surface area contributed by atoms with E-state index in [0.717, 1.165) is 25.7 Å². The zero-order chi connectivity index (χ0) is 10.1.